The first-order valence-electron chi connectivity index (χ1n) is 16.4. The second kappa shape index (κ2) is 16.2. The van der Waals surface area contributed by atoms with Gasteiger partial charge in [0.05, 0.1) is 17.8 Å². The number of ether oxygens (including phenoxy) is 1. The zero-order valence-corrected chi connectivity index (χ0v) is 31.7. The molecule has 1 N–H and O–H groups in total. The maximum Gasteiger partial charge on any atom is 0.205 e. The molecule has 1 aromatic carbocycles. The Labute approximate surface area is 268 Å². The van der Waals surface area contributed by atoms with Gasteiger partial charge in [-0.3, -0.25) is 0 Å². The maximum atomic E-state index is 10.7. The Bertz CT molecular complexity index is 1110. The van der Waals surface area contributed by atoms with Crippen molar-refractivity contribution in [3.05, 3.63) is 64.3 Å². The molecule has 0 heterocycles. The van der Waals surface area contributed by atoms with E-state index in [1.54, 1.807) is 0 Å². The second-order valence-corrected chi connectivity index (χ2v) is 19.0. The largest absolute Gasteiger partial charge is 0.489 e. The highest BCUT2D eigenvalue weighted by atomic mass is 28.3. The molecule has 2 atom stereocenters. The molecule has 0 saturated carbocycles. The summed E-state index contributed by atoms with van der Waals surface area (Å²) in [7, 11) is -1.86. The fourth-order valence-corrected chi connectivity index (χ4v) is 7.60. The topological polar surface area (TPSA) is 47.9 Å². The molecule has 0 aromatic heterocycles. The van der Waals surface area contributed by atoms with Crippen LogP contribution in [0.2, 0.25) is 26.2 Å². The lowest BCUT2D eigenvalue weighted by Gasteiger charge is -2.39. The normalized spacial score (nSPS) is 16.5. The molecule has 4 nitrogen and oxygen atoms in total. The van der Waals surface area contributed by atoms with Crippen LogP contribution < -0.4 is 4.74 Å². The SMILES string of the molecule is CCC(=CCCC(O)(CC)CC)C1=CC=C(COc2ccc(C(O[Si](C)C)C(C)(C)C)c(C(O[Si](C)C)C(C)(C)C)c2)C1. The minimum absolute atomic E-state index is 0.0209. The van der Waals surface area contributed by atoms with E-state index < -0.39 is 23.7 Å². The molecule has 0 amide bonds. The minimum Gasteiger partial charge on any atom is -0.489 e. The molecule has 1 aliphatic carbocycles. The van der Waals surface area contributed by atoms with Crippen LogP contribution in [0, 0.1) is 10.8 Å². The Balaban J connectivity index is 2.29. The summed E-state index contributed by atoms with van der Waals surface area (Å²) in [5, 5.41) is 10.7. The van der Waals surface area contributed by atoms with Gasteiger partial charge in [-0.05, 0) is 116 Å². The quantitative estimate of drug-likeness (QED) is 0.185. The van der Waals surface area contributed by atoms with E-state index in [1.807, 2.05) is 0 Å². The molecule has 2 unspecified atom stereocenters. The van der Waals surface area contributed by atoms with E-state index in [0.29, 0.717) is 6.61 Å². The lowest BCUT2D eigenvalue weighted by molar-refractivity contribution is 0.0246. The van der Waals surface area contributed by atoms with Crippen LogP contribution in [0.5, 0.6) is 5.75 Å². The van der Waals surface area contributed by atoms with Crippen LogP contribution in [-0.4, -0.2) is 35.4 Å². The van der Waals surface area contributed by atoms with E-state index in [-0.39, 0.29) is 23.0 Å². The van der Waals surface area contributed by atoms with Crippen molar-refractivity contribution in [1.82, 2.24) is 0 Å². The van der Waals surface area contributed by atoms with Gasteiger partial charge in [0.2, 0.25) is 18.1 Å². The number of allylic oxidation sites excluding steroid dienone is 5. The fourth-order valence-electron chi connectivity index (χ4n) is 5.69. The van der Waals surface area contributed by atoms with E-state index in [9.17, 15) is 5.11 Å². The Morgan fingerprint density at radius 3 is 1.91 bits per heavy atom. The summed E-state index contributed by atoms with van der Waals surface area (Å²) in [6, 6.07) is 6.56. The predicted molar refractivity (Wildman–Crippen MR) is 187 cm³/mol. The van der Waals surface area contributed by atoms with Gasteiger partial charge in [-0.15, -0.1) is 0 Å². The van der Waals surface area contributed by atoms with Crippen LogP contribution in [-0.2, 0) is 8.85 Å². The van der Waals surface area contributed by atoms with Crippen molar-refractivity contribution in [3.8, 4) is 5.75 Å². The molecule has 0 bridgehead atoms. The van der Waals surface area contributed by atoms with Crippen molar-refractivity contribution in [2.75, 3.05) is 6.61 Å². The van der Waals surface area contributed by atoms with Crippen molar-refractivity contribution in [1.29, 1.82) is 0 Å². The number of benzene rings is 1. The van der Waals surface area contributed by atoms with Crippen LogP contribution in [0.25, 0.3) is 0 Å². The van der Waals surface area contributed by atoms with Gasteiger partial charge in [-0.2, -0.15) is 0 Å². The maximum absolute atomic E-state index is 10.7. The Kier molecular flexibility index (Phi) is 14.2. The molecule has 0 spiro atoms. The fraction of sp³-hybridized carbons (Fsp3) is 0.676. The third-order valence-corrected chi connectivity index (χ3v) is 9.79. The van der Waals surface area contributed by atoms with E-state index >= 15 is 0 Å². The third-order valence-electron chi connectivity index (χ3n) is 8.38. The molecular formula is C37H62O4Si2. The van der Waals surface area contributed by atoms with Gasteiger partial charge in [0, 0.05) is 0 Å². The van der Waals surface area contributed by atoms with Crippen molar-refractivity contribution >= 4 is 18.1 Å². The molecule has 2 radical (unpaired) electrons. The summed E-state index contributed by atoms with van der Waals surface area (Å²) in [6.45, 7) is 29.4. The molecule has 242 valence electrons. The van der Waals surface area contributed by atoms with Crippen LogP contribution in [0.15, 0.2) is 53.1 Å². The standard InChI is InChI=1S/C37H62O4Si2/c1-14-28(18-17-23-37(38,15-2)16-3)29-20-19-27(24-29)26-39-30-21-22-31(33(35(4,5)6)40-42(10)11)32(25-30)34(36(7,8)9)41-43(12)13/h18-22,25,33-34,38H,14-17,23-24,26H2,1-13H3. The Morgan fingerprint density at radius 1 is 0.860 bits per heavy atom. The second-order valence-electron chi connectivity index (χ2n) is 14.9. The molecular weight excluding hydrogens is 565 g/mol. The first kappa shape index (κ1) is 37.7. The first-order valence-corrected chi connectivity index (χ1v) is 21.3. The molecule has 6 heteroatoms. The van der Waals surface area contributed by atoms with Crippen LogP contribution in [0.3, 0.4) is 0 Å². The number of hydrogen-bond donors (Lipinski definition) is 1. The summed E-state index contributed by atoms with van der Waals surface area (Å²) in [5.41, 5.74) is 5.77. The van der Waals surface area contributed by atoms with Crippen molar-refractivity contribution in [2.24, 2.45) is 10.8 Å². The first-order chi connectivity index (χ1) is 19.9. The van der Waals surface area contributed by atoms with Gasteiger partial charge in [-0.1, -0.05) is 86.6 Å². The van der Waals surface area contributed by atoms with Gasteiger partial charge in [0.1, 0.15) is 12.4 Å². The summed E-state index contributed by atoms with van der Waals surface area (Å²) < 4.78 is 19.9. The monoisotopic (exact) mass is 626 g/mol. The van der Waals surface area contributed by atoms with Crippen LogP contribution >= 0.6 is 0 Å². The Hall–Kier alpha value is -1.45. The van der Waals surface area contributed by atoms with Crippen molar-refractivity contribution in [3.63, 3.8) is 0 Å². The van der Waals surface area contributed by atoms with Crippen molar-refractivity contribution < 1.29 is 18.7 Å². The highest BCUT2D eigenvalue weighted by molar-refractivity contribution is 6.48. The molecule has 0 aliphatic heterocycles. The lowest BCUT2D eigenvalue weighted by Crippen LogP contribution is -2.31. The molecule has 0 saturated heterocycles. The number of aliphatic hydroxyl groups is 1. The summed E-state index contributed by atoms with van der Waals surface area (Å²) >= 11 is 0. The number of hydrogen-bond acceptors (Lipinski definition) is 4. The summed E-state index contributed by atoms with van der Waals surface area (Å²) in [6.07, 6.45) is 12.0. The van der Waals surface area contributed by atoms with E-state index in [2.05, 4.69) is 125 Å². The summed E-state index contributed by atoms with van der Waals surface area (Å²) in [5.74, 6) is 0.878. The van der Waals surface area contributed by atoms with Gasteiger partial charge in [-0.25, -0.2) is 0 Å². The molecule has 1 aliphatic rings. The van der Waals surface area contributed by atoms with Crippen molar-refractivity contribution in [2.45, 2.75) is 145 Å². The highest BCUT2D eigenvalue weighted by Gasteiger charge is 2.36. The third kappa shape index (κ3) is 11.5. The van der Waals surface area contributed by atoms with E-state index in [0.717, 1.165) is 44.3 Å². The average molecular weight is 627 g/mol. The van der Waals surface area contributed by atoms with Gasteiger partial charge in [0.25, 0.3) is 0 Å². The van der Waals surface area contributed by atoms with Crippen LogP contribution in [0.4, 0.5) is 0 Å². The predicted octanol–water partition coefficient (Wildman–Crippen LogP) is 10.7. The molecule has 0 fully saturated rings. The average Bonchev–Trinajstić information content (AvgIpc) is 3.39. The Morgan fingerprint density at radius 2 is 1.42 bits per heavy atom. The highest BCUT2D eigenvalue weighted by Crippen LogP contribution is 2.46. The van der Waals surface area contributed by atoms with E-state index in [1.165, 1.54) is 27.8 Å². The molecule has 2 rings (SSSR count). The molecule has 1 aromatic rings. The van der Waals surface area contributed by atoms with Gasteiger partial charge in [0.15, 0.2) is 0 Å². The lowest BCUT2D eigenvalue weighted by atomic mass is 9.77. The smallest absolute Gasteiger partial charge is 0.205 e. The zero-order chi connectivity index (χ0) is 32.6. The van der Waals surface area contributed by atoms with Gasteiger partial charge >= 0.3 is 0 Å². The zero-order valence-electron chi connectivity index (χ0n) is 29.7. The molecule has 43 heavy (non-hydrogen) atoms. The van der Waals surface area contributed by atoms with E-state index in [4.69, 9.17) is 13.6 Å². The number of rotatable bonds is 16. The van der Waals surface area contributed by atoms with Gasteiger partial charge < -0.3 is 18.7 Å². The minimum atomic E-state index is -0.945. The summed E-state index contributed by atoms with van der Waals surface area (Å²) in [4.78, 5) is 0. The van der Waals surface area contributed by atoms with Crippen LogP contribution in [0.1, 0.15) is 124 Å².